The van der Waals surface area contributed by atoms with Crippen molar-refractivity contribution in [2.45, 2.75) is 50.2 Å². The number of nitrogens with two attached hydrogens (primary N) is 1. The maximum absolute atomic E-state index is 6.14. The van der Waals surface area contributed by atoms with Gasteiger partial charge in [-0.15, -0.1) is 0 Å². The standard InChI is InChI=1S/C17H24N2OS/c1-19(14-6-4-5-13(11-14)16(18)21)15-7-10-20-17(12-15)8-2-3-9-17/h4-6,11,15H,2-3,7-10,12H2,1H3,(H2,18,21). The summed E-state index contributed by atoms with van der Waals surface area (Å²) in [6.45, 7) is 0.879. The van der Waals surface area contributed by atoms with Crippen molar-refractivity contribution in [3.63, 3.8) is 0 Å². The molecule has 1 heterocycles. The molecule has 3 nitrogen and oxygen atoms in total. The summed E-state index contributed by atoms with van der Waals surface area (Å²) >= 11 is 5.09. The highest BCUT2D eigenvalue weighted by atomic mass is 32.1. The van der Waals surface area contributed by atoms with Gasteiger partial charge in [0.25, 0.3) is 0 Å². The van der Waals surface area contributed by atoms with E-state index in [2.05, 4.69) is 24.1 Å². The van der Waals surface area contributed by atoms with E-state index in [9.17, 15) is 0 Å². The highest BCUT2D eigenvalue weighted by molar-refractivity contribution is 7.80. The molecule has 2 N–H and O–H groups in total. The Balaban J connectivity index is 1.76. The molecule has 0 aromatic heterocycles. The van der Waals surface area contributed by atoms with Crippen LogP contribution in [0.5, 0.6) is 0 Å². The van der Waals surface area contributed by atoms with Crippen molar-refractivity contribution in [1.82, 2.24) is 0 Å². The molecule has 1 saturated carbocycles. The van der Waals surface area contributed by atoms with Crippen molar-refractivity contribution in [1.29, 1.82) is 0 Å². The van der Waals surface area contributed by atoms with Crippen LogP contribution in [0.4, 0.5) is 5.69 Å². The number of anilines is 1. The van der Waals surface area contributed by atoms with E-state index < -0.39 is 0 Å². The van der Waals surface area contributed by atoms with E-state index in [0.29, 0.717) is 11.0 Å². The Bertz CT molecular complexity index is 525. The summed E-state index contributed by atoms with van der Waals surface area (Å²) in [5.41, 5.74) is 8.04. The monoisotopic (exact) mass is 304 g/mol. The highest BCUT2D eigenvalue weighted by Crippen LogP contribution is 2.41. The molecular formula is C17H24N2OS. The summed E-state index contributed by atoms with van der Waals surface area (Å²) in [5.74, 6) is 0. The number of benzene rings is 1. The Kier molecular flexibility index (Phi) is 4.18. The average Bonchev–Trinajstić information content (AvgIpc) is 2.94. The van der Waals surface area contributed by atoms with Crippen LogP contribution in [0.1, 0.15) is 44.1 Å². The molecule has 2 aliphatic rings. The molecule has 1 unspecified atom stereocenters. The van der Waals surface area contributed by atoms with Crippen LogP contribution in [0.15, 0.2) is 24.3 Å². The molecule has 1 spiro atoms. The van der Waals surface area contributed by atoms with Crippen LogP contribution >= 0.6 is 12.2 Å². The minimum absolute atomic E-state index is 0.151. The van der Waals surface area contributed by atoms with Crippen molar-refractivity contribution in [2.75, 3.05) is 18.6 Å². The van der Waals surface area contributed by atoms with Crippen LogP contribution in [0, 0.1) is 0 Å². The predicted octanol–water partition coefficient (Wildman–Crippen LogP) is 3.25. The van der Waals surface area contributed by atoms with Gasteiger partial charge < -0.3 is 15.4 Å². The van der Waals surface area contributed by atoms with Crippen LogP contribution in [-0.4, -0.2) is 30.3 Å². The Morgan fingerprint density at radius 2 is 2.14 bits per heavy atom. The third kappa shape index (κ3) is 3.06. The second-order valence-corrected chi connectivity index (χ2v) is 6.85. The molecule has 1 aliphatic heterocycles. The number of hydrogen-bond acceptors (Lipinski definition) is 3. The van der Waals surface area contributed by atoms with Crippen LogP contribution in [0.25, 0.3) is 0 Å². The molecule has 1 aliphatic carbocycles. The zero-order valence-corrected chi connectivity index (χ0v) is 13.5. The van der Waals surface area contributed by atoms with Crippen molar-refractivity contribution >= 4 is 22.9 Å². The van der Waals surface area contributed by atoms with E-state index in [-0.39, 0.29) is 5.60 Å². The smallest absolute Gasteiger partial charge is 0.104 e. The number of rotatable bonds is 3. The van der Waals surface area contributed by atoms with E-state index in [1.807, 2.05) is 12.1 Å². The van der Waals surface area contributed by atoms with Gasteiger partial charge in [-0.25, -0.2) is 0 Å². The van der Waals surface area contributed by atoms with Gasteiger partial charge in [-0.2, -0.15) is 0 Å². The zero-order chi connectivity index (χ0) is 14.9. The highest BCUT2D eigenvalue weighted by Gasteiger charge is 2.40. The minimum Gasteiger partial charge on any atom is -0.389 e. The summed E-state index contributed by atoms with van der Waals surface area (Å²) in [4.78, 5) is 2.84. The molecule has 1 aromatic rings. The fourth-order valence-electron chi connectivity index (χ4n) is 3.79. The second kappa shape index (κ2) is 5.93. The number of thiocarbonyl (C=S) groups is 1. The molecule has 1 atom stereocenters. The molecule has 1 saturated heterocycles. The van der Waals surface area contributed by atoms with E-state index in [4.69, 9.17) is 22.7 Å². The van der Waals surface area contributed by atoms with E-state index in [1.54, 1.807) is 0 Å². The molecule has 2 fully saturated rings. The van der Waals surface area contributed by atoms with Crippen molar-refractivity contribution in [2.24, 2.45) is 5.73 Å². The molecule has 0 amide bonds. The van der Waals surface area contributed by atoms with Crippen LogP contribution in [-0.2, 0) is 4.74 Å². The number of nitrogens with zero attached hydrogens (tertiary/aromatic N) is 1. The van der Waals surface area contributed by atoms with Gasteiger partial charge >= 0.3 is 0 Å². The molecule has 114 valence electrons. The van der Waals surface area contributed by atoms with Crippen molar-refractivity contribution < 1.29 is 4.74 Å². The van der Waals surface area contributed by atoms with E-state index >= 15 is 0 Å². The van der Waals surface area contributed by atoms with Gasteiger partial charge in [0.1, 0.15) is 4.99 Å². The SMILES string of the molecule is CN(c1cccc(C(N)=S)c1)C1CCOC2(CCCC2)C1. The van der Waals surface area contributed by atoms with Gasteiger partial charge in [0.15, 0.2) is 0 Å². The first kappa shape index (κ1) is 14.8. The average molecular weight is 304 g/mol. The maximum Gasteiger partial charge on any atom is 0.104 e. The molecular weight excluding hydrogens is 280 g/mol. The Hall–Kier alpha value is -1.13. The zero-order valence-electron chi connectivity index (χ0n) is 12.7. The normalized spacial score (nSPS) is 24.1. The molecule has 1 aromatic carbocycles. The van der Waals surface area contributed by atoms with Crippen LogP contribution in [0.3, 0.4) is 0 Å². The summed E-state index contributed by atoms with van der Waals surface area (Å²) in [5, 5.41) is 0. The van der Waals surface area contributed by atoms with Crippen LogP contribution < -0.4 is 10.6 Å². The van der Waals surface area contributed by atoms with Gasteiger partial charge in [-0.1, -0.05) is 37.2 Å². The van der Waals surface area contributed by atoms with Crippen molar-refractivity contribution in [3.05, 3.63) is 29.8 Å². The first-order valence-corrected chi connectivity index (χ1v) is 8.27. The van der Waals surface area contributed by atoms with Gasteiger partial charge in [0.2, 0.25) is 0 Å². The third-order valence-electron chi connectivity index (χ3n) is 5.07. The Labute approximate surface area is 132 Å². The van der Waals surface area contributed by atoms with E-state index in [0.717, 1.165) is 25.0 Å². The third-order valence-corrected chi connectivity index (χ3v) is 5.30. The number of hydrogen-bond donors (Lipinski definition) is 1. The van der Waals surface area contributed by atoms with Gasteiger partial charge in [0, 0.05) is 30.9 Å². The number of ether oxygens (including phenoxy) is 1. The van der Waals surface area contributed by atoms with E-state index in [1.165, 1.54) is 31.4 Å². The lowest BCUT2D eigenvalue weighted by molar-refractivity contribution is -0.0795. The fourth-order valence-corrected chi connectivity index (χ4v) is 3.92. The van der Waals surface area contributed by atoms with Gasteiger partial charge in [0.05, 0.1) is 5.60 Å². The lowest BCUT2D eigenvalue weighted by Gasteiger charge is -2.42. The predicted molar refractivity (Wildman–Crippen MR) is 90.9 cm³/mol. The summed E-state index contributed by atoms with van der Waals surface area (Å²) < 4.78 is 6.14. The Morgan fingerprint density at radius 1 is 1.38 bits per heavy atom. The largest absolute Gasteiger partial charge is 0.389 e. The van der Waals surface area contributed by atoms with Crippen LogP contribution in [0.2, 0.25) is 0 Å². The van der Waals surface area contributed by atoms with Gasteiger partial charge in [-0.3, -0.25) is 0 Å². The van der Waals surface area contributed by atoms with Crippen molar-refractivity contribution in [3.8, 4) is 0 Å². The maximum atomic E-state index is 6.14. The molecule has 0 radical (unpaired) electrons. The second-order valence-electron chi connectivity index (χ2n) is 6.41. The van der Waals surface area contributed by atoms with Gasteiger partial charge in [-0.05, 0) is 37.8 Å². The lowest BCUT2D eigenvalue weighted by Crippen LogP contribution is -2.46. The summed E-state index contributed by atoms with van der Waals surface area (Å²) in [7, 11) is 2.18. The minimum atomic E-state index is 0.151. The quantitative estimate of drug-likeness (QED) is 0.870. The molecule has 3 rings (SSSR count). The molecule has 0 bridgehead atoms. The molecule has 4 heteroatoms. The summed E-state index contributed by atoms with van der Waals surface area (Å²) in [6, 6.07) is 8.78. The first-order chi connectivity index (χ1) is 10.1. The Morgan fingerprint density at radius 3 is 2.86 bits per heavy atom. The molecule has 21 heavy (non-hydrogen) atoms. The first-order valence-electron chi connectivity index (χ1n) is 7.86. The fraction of sp³-hybridized carbons (Fsp3) is 0.588. The summed E-state index contributed by atoms with van der Waals surface area (Å²) in [6.07, 6.45) is 7.31. The topological polar surface area (TPSA) is 38.5 Å². The lowest BCUT2D eigenvalue weighted by atomic mass is 9.88.